The molecule has 16 heavy (non-hydrogen) atoms. The number of rotatable bonds is 4. The first-order chi connectivity index (χ1) is 7.59. The second-order valence-corrected chi connectivity index (χ2v) is 3.75. The highest BCUT2D eigenvalue weighted by atomic mass is 35.5. The lowest BCUT2D eigenvalue weighted by atomic mass is 10.2. The molecule has 0 heterocycles. The third-order valence-corrected chi connectivity index (χ3v) is 2.23. The van der Waals surface area contributed by atoms with E-state index in [1.165, 1.54) is 13.0 Å². The molecule has 4 heteroatoms. The lowest BCUT2D eigenvalue weighted by Gasteiger charge is -1.98. The van der Waals surface area contributed by atoms with E-state index in [1.807, 2.05) is 12.2 Å². The van der Waals surface area contributed by atoms with Gasteiger partial charge in [0, 0.05) is 13.5 Å². The first kappa shape index (κ1) is 12.7. The molecule has 0 fully saturated rings. The monoisotopic (exact) mass is 241 g/mol. The lowest BCUT2D eigenvalue weighted by Crippen LogP contribution is -2.20. The van der Waals surface area contributed by atoms with E-state index in [2.05, 4.69) is 5.32 Å². The van der Waals surface area contributed by atoms with E-state index in [0.717, 1.165) is 12.0 Å². The molecule has 0 saturated heterocycles. The molecule has 1 rings (SSSR count). The maximum atomic E-state index is 12.8. The summed E-state index contributed by atoms with van der Waals surface area (Å²) in [4.78, 5) is 10.6. The van der Waals surface area contributed by atoms with Crippen molar-refractivity contribution < 1.29 is 9.18 Å². The Morgan fingerprint density at radius 3 is 2.94 bits per heavy atom. The van der Waals surface area contributed by atoms with Crippen LogP contribution in [0, 0.1) is 5.82 Å². The van der Waals surface area contributed by atoms with Gasteiger partial charge in [0.25, 0.3) is 0 Å². The summed E-state index contributed by atoms with van der Waals surface area (Å²) in [6, 6.07) is 4.54. The summed E-state index contributed by atoms with van der Waals surface area (Å²) in [6.07, 6.45) is 4.47. The number of hydrogen-bond donors (Lipinski definition) is 1. The SMILES string of the molecule is CC(=O)NCCC=Cc1ccc(F)c(Cl)c1. The van der Waals surface area contributed by atoms with Crippen LogP contribution in [0.1, 0.15) is 18.9 Å². The minimum Gasteiger partial charge on any atom is -0.356 e. The molecular formula is C12H13ClFNO. The van der Waals surface area contributed by atoms with Crippen LogP contribution in [0.15, 0.2) is 24.3 Å². The van der Waals surface area contributed by atoms with Gasteiger partial charge in [0.05, 0.1) is 5.02 Å². The third kappa shape index (κ3) is 4.45. The quantitative estimate of drug-likeness (QED) is 0.807. The van der Waals surface area contributed by atoms with Crippen molar-refractivity contribution in [3.8, 4) is 0 Å². The molecule has 1 N–H and O–H groups in total. The van der Waals surface area contributed by atoms with Gasteiger partial charge >= 0.3 is 0 Å². The number of amides is 1. The molecule has 0 aliphatic rings. The highest BCUT2D eigenvalue weighted by molar-refractivity contribution is 6.30. The number of hydrogen-bond acceptors (Lipinski definition) is 1. The molecule has 0 saturated carbocycles. The molecule has 0 aliphatic carbocycles. The smallest absolute Gasteiger partial charge is 0.216 e. The summed E-state index contributed by atoms with van der Waals surface area (Å²) in [7, 11) is 0. The average molecular weight is 242 g/mol. The number of benzene rings is 1. The van der Waals surface area contributed by atoms with Crippen molar-refractivity contribution >= 4 is 23.6 Å². The molecule has 1 aromatic carbocycles. The van der Waals surface area contributed by atoms with Crippen LogP contribution in [-0.4, -0.2) is 12.5 Å². The van der Waals surface area contributed by atoms with Crippen molar-refractivity contribution in [2.75, 3.05) is 6.54 Å². The Morgan fingerprint density at radius 1 is 1.56 bits per heavy atom. The van der Waals surface area contributed by atoms with Gasteiger partial charge in [0.1, 0.15) is 5.82 Å². The largest absolute Gasteiger partial charge is 0.356 e. The Hall–Kier alpha value is -1.35. The number of nitrogens with one attached hydrogen (secondary N) is 1. The van der Waals surface area contributed by atoms with E-state index < -0.39 is 5.82 Å². The van der Waals surface area contributed by atoms with Crippen molar-refractivity contribution in [1.82, 2.24) is 5.32 Å². The molecule has 0 aromatic heterocycles. The van der Waals surface area contributed by atoms with Gasteiger partial charge in [-0.05, 0) is 24.1 Å². The van der Waals surface area contributed by atoms with Crippen LogP contribution in [0.2, 0.25) is 5.02 Å². The first-order valence-corrected chi connectivity index (χ1v) is 5.33. The lowest BCUT2D eigenvalue weighted by molar-refractivity contribution is -0.118. The molecule has 0 radical (unpaired) electrons. The summed E-state index contributed by atoms with van der Waals surface area (Å²) < 4.78 is 12.8. The van der Waals surface area contributed by atoms with E-state index >= 15 is 0 Å². The second-order valence-electron chi connectivity index (χ2n) is 3.35. The minimum absolute atomic E-state index is 0.0433. The summed E-state index contributed by atoms with van der Waals surface area (Å²) in [5.41, 5.74) is 0.842. The minimum atomic E-state index is -0.419. The van der Waals surface area contributed by atoms with E-state index in [0.29, 0.717) is 6.54 Å². The zero-order valence-electron chi connectivity index (χ0n) is 8.97. The van der Waals surface area contributed by atoms with Crippen molar-refractivity contribution in [2.24, 2.45) is 0 Å². The summed E-state index contributed by atoms with van der Waals surface area (Å²) in [5.74, 6) is -0.463. The standard InChI is InChI=1S/C12H13ClFNO/c1-9(16)15-7-3-2-4-10-5-6-12(14)11(13)8-10/h2,4-6,8H,3,7H2,1H3,(H,15,16). The average Bonchev–Trinajstić information content (AvgIpc) is 2.22. The van der Waals surface area contributed by atoms with Gasteiger partial charge in [-0.15, -0.1) is 0 Å². The van der Waals surface area contributed by atoms with Gasteiger partial charge in [-0.3, -0.25) is 4.79 Å². The van der Waals surface area contributed by atoms with Crippen LogP contribution in [0.25, 0.3) is 6.08 Å². The Bertz CT molecular complexity index is 404. The predicted octanol–water partition coefficient (Wildman–Crippen LogP) is 3.02. The molecule has 0 atom stereocenters. The zero-order valence-corrected chi connectivity index (χ0v) is 9.72. The van der Waals surface area contributed by atoms with Gasteiger partial charge in [0.2, 0.25) is 5.91 Å². The van der Waals surface area contributed by atoms with Crippen LogP contribution in [0.3, 0.4) is 0 Å². The second kappa shape index (κ2) is 6.28. The van der Waals surface area contributed by atoms with Crippen molar-refractivity contribution in [1.29, 1.82) is 0 Å². The fourth-order valence-corrected chi connectivity index (χ4v) is 1.36. The number of carbonyl (C=O) groups is 1. The number of carbonyl (C=O) groups excluding carboxylic acids is 1. The van der Waals surface area contributed by atoms with Gasteiger partial charge in [-0.25, -0.2) is 4.39 Å². The Kier molecular flexibility index (Phi) is 4.99. The molecule has 86 valence electrons. The molecule has 2 nitrogen and oxygen atoms in total. The van der Waals surface area contributed by atoms with Crippen LogP contribution in [0.4, 0.5) is 4.39 Å². The van der Waals surface area contributed by atoms with Gasteiger partial charge in [0.15, 0.2) is 0 Å². The maximum absolute atomic E-state index is 12.8. The zero-order chi connectivity index (χ0) is 12.0. The van der Waals surface area contributed by atoms with Crippen molar-refractivity contribution in [2.45, 2.75) is 13.3 Å². The Morgan fingerprint density at radius 2 is 2.31 bits per heavy atom. The molecule has 1 aromatic rings. The van der Waals surface area contributed by atoms with Crippen molar-refractivity contribution in [3.05, 3.63) is 40.7 Å². The van der Waals surface area contributed by atoms with Crippen LogP contribution >= 0.6 is 11.6 Å². The molecule has 0 bridgehead atoms. The Balaban J connectivity index is 2.44. The van der Waals surface area contributed by atoms with E-state index in [-0.39, 0.29) is 10.9 Å². The van der Waals surface area contributed by atoms with Crippen molar-refractivity contribution in [3.63, 3.8) is 0 Å². The van der Waals surface area contributed by atoms with Crippen LogP contribution in [0.5, 0.6) is 0 Å². The summed E-state index contributed by atoms with van der Waals surface area (Å²) in [6.45, 7) is 2.07. The molecular weight excluding hydrogens is 229 g/mol. The van der Waals surface area contributed by atoms with Gasteiger partial charge in [-0.1, -0.05) is 29.8 Å². The Labute approximate surface area is 99.1 Å². The van der Waals surface area contributed by atoms with Crippen LogP contribution < -0.4 is 5.32 Å². The fourth-order valence-electron chi connectivity index (χ4n) is 1.17. The van der Waals surface area contributed by atoms with E-state index in [9.17, 15) is 9.18 Å². The number of halogens is 2. The van der Waals surface area contributed by atoms with Crippen LogP contribution in [-0.2, 0) is 4.79 Å². The fraction of sp³-hybridized carbons (Fsp3) is 0.250. The van der Waals surface area contributed by atoms with E-state index in [4.69, 9.17) is 11.6 Å². The first-order valence-electron chi connectivity index (χ1n) is 4.95. The normalized spacial score (nSPS) is 10.7. The molecule has 0 aliphatic heterocycles. The maximum Gasteiger partial charge on any atom is 0.216 e. The summed E-state index contributed by atoms with van der Waals surface area (Å²) >= 11 is 5.63. The molecule has 0 unspecified atom stereocenters. The van der Waals surface area contributed by atoms with Gasteiger partial charge < -0.3 is 5.32 Å². The highest BCUT2D eigenvalue weighted by Gasteiger charge is 1.97. The third-order valence-electron chi connectivity index (χ3n) is 1.94. The molecule has 0 spiro atoms. The highest BCUT2D eigenvalue weighted by Crippen LogP contribution is 2.16. The molecule has 1 amide bonds. The predicted molar refractivity (Wildman–Crippen MR) is 63.7 cm³/mol. The van der Waals surface area contributed by atoms with Gasteiger partial charge in [-0.2, -0.15) is 0 Å². The topological polar surface area (TPSA) is 29.1 Å². The summed E-state index contributed by atoms with van der Waals surface area (Å²) in [5, 5.41) is 2.79. The van der Waals surface area contributed by atoms with E-state index in [1.54, 1.807) is 12.1 Å².